The molecular formula is C12H15FN2S. The van der Waals surface area contributed by atoms with Gasteiger partial charge in [-0.1, -0.05) is 25.1 Å². The predicted molar refractivity (Wildman–Crippen MR) is 68.2 cm³/mol. The third kappa shape index (κ3) is 2.50. The number of benzene rings is 1. The Morgan fingerprint density at radius 2 is 2.06 bits per heavy atom. The topological polar surface area (TPSA) is 38.0 Å². The van der Waals surface area contributed by atoms with Crippen molar-refractivity contribution < 1.29 is 4.39 Å². The SMILES string of the molecule is NC(=S)c1ccc(NC2CCCC2)c(F)c1. The van der Waals surface area contributed by atoms with Crippen LogP contribution in [0.5, 0.6) is 0 Å². The van der Waals surface area contributed by atoms with Crippen molar-refractivity contribution in [3.63, 3.8) is 0 Å². The number of thiocarbonyl (C=S) groups is 1. The lowest BCUT2D eigenvalue weighted by atomic mass is 10.1. The summed E-state index contributed by atoms with van der Waals surface area (Å²) in [6.07, 6.45) is 4.70. The van der Waals surface area contributed by atoms with Crippen LogP contribution in [0.4, 0.5) is 10.1 Å². The van der Waals surface area contributed by atoms with Gasteiger partial charge in [-0.25, -0.2) is 4.39 Å². The van der Waals surface area contributed by atoms with Crippen molar-refractivity contribution in [2.24, 2.45) is 5.73 Å². The Morgan fingerprint density at radius 1 is 1.38 bits per heavy atom. The van der Waals surface area contributed by atoms with Crippen LogP contribution in [0.3, 0.4) is 0 Å². The molecule has 1 aromatic rings. The lowest BCUT2D eigenvalue weighted by molar-refractivity contribution is 0.624. The van der Waals surface area contributed by atoms with Crippen LogP contribution in [-0.2, 0) is 0 Å². The summed E-state index contributed by atoms with van der Waals surface area (Å²) in [6, 6.07) is 5.26. The summed E-state index contributed by atoms with van der Waals surface area (Å²) in [5.74, 6) is -0.280. The molecule has 4 heteroatoms. The first kappa shape index (κ1) is 11.3. The maximum Gasteiger partial charge on any atom is 0.146 e. The van der Waals surface area contributed by atoms with Gasteiger partial charge in [0.15, 0.2) is 0 Å². The van der Waals surface area contributed by atoms with Crippen molar-refractivity contribution in [1.82, 2.24) is 0 Å². The second kappa shape index (κ2) is 4.78. The van der Waals surface area contributed by atoms with E-state index in [4.69, 9.17) is 18.0 Å². The maximum absolute atomic E-state index is 13.7. The molecular weight excluding hydrogens is 223 g/mol. The van der Waals surface area contributed by atoms with Crippen LogP contribution in [0.15, 0.2) is 18.2 Å². The highest BCUT2D eigenvalue weighted by atomic mass is 32.1. The Labute approximate surface area is 100 Å². The molecule has 0 unspecified atom stereocenters. The average molecular weight is 238 g/mol. The lowest BCUT2D eigenvalue weighted by Gasteiger charge is -2.14. The monoisotopic (exact) mass is 238 g/mol. The zero-order valence-electron chi connectivity index (χ0n) is 9.00. The fourth-order valence-corrected chi connectivity index (χ4v) is 2.20. The smallest absolute Gasteiger partial charge is 0.146 e. The molecule has 0 heterocycles. The molecule has 0 amide bonds. The fraction of sp³-hybridized carbons (Fsp3) is 0.417. The number of hydrogen-bond donors (Lipinski definition) is 2. The van der Waals surface area contributed by atoms with E-state index in [0.29, 0.717) is 17.3 Å². The summed E-state index contributed by atoms with van der Waals surface area (Å²) in [7, 11) is 0. The zero-order chi connectivity index (χ0) is 11.5. The van der Waals surface area contributed by atoms with Crippen molar-refractivity contribution in [1.29, 1.82) is 0 Å². The largest absolute Gasteiger partial charge is 0.389 e. The third-order valence-corrected chi connectivity index (χ3v) is 3.20. The summed E-state index contributed by atoms with van der Waals surface area (Å²) in [5.41, 5.74) is 6.56. The molecule has 1 saturated carbocycles. The molecule has 1 fully saturated rings. The number of halogens is 1. The van der Waals surface area contributed by atoms with Crippen molar-refractivity contribution in [3.05, 3.63) is 29.6 Å². The second-order valence-corrected chi connectivity index (χ2v) is 4.62. The van der Waals surface area contributed by atoms with E-state index < -0.39 is 0 Å². The van der Waals surface area contributed by atoms with Crippen molar-refractivity contribution in [3.8, 4) is 0 Å². The van der Waals surface area contributed by atoms with Gasteiger partial charge in [0, 0.05) is 11.6 Å². The van der Waals surface area contributed by atoms with Crippen LogP contribution in [0, 0.1) is 5.82 Å². The fourth-order valence-electron chi connectivity index (χ4n) is 2.08. The number of nitrogens with two attached hydrogens (primary N) is 1. The van der Waals surface area contributed by atoms with E-state index in [1.165, 1.54) is 18.9 Å². The van der Waals surface area contributed by atoms with E-state index in [1.54, 1.807) is 12.1 Å². The van der Waals surface area contributed by atoms with Crippen LogP contribution in [0.1, 0.15) is 31.2 Å². The Morgan fingerprint density at radius 3 is 2.62 bits per heavy atom. The van der Waals surface area contributed by atoms with E-state index >= 15 is 0 Å². The van der Waals surface area contributed by atoms with E-state index in [2.05, 4.69) is 5.32 Å². The molecule has 0 spiro atoms. The zero-order valence-corrected chi connectivity index (χ0v) is 9.82. The first-order valence-electron chi connectivity index (χ1n) is 5.52. The summed E-state index contributed by atoms with van der Waals surface area (Å²) < 4.78 is 13.7. The average Bonchev–Trinajstić information content (AvgIpc) is 2.73. The second-order valence-electron chi connectivity index (χ2n) is 4.18. The van der Waals surface area contributed by atoms with E-state index in [-0.39, 0.29) is 10.8 Å². The molecule has 2 nitrogen and oxygen atoms in total. The molecule has 0 atom stereocenters. The maximum atomic E-state index is 13.7. The van der Waals surface area contributed by atoms with Crippen molar-refractivity contribution in [2.45, 2.75) is 31.7 Å². The summed E-state index contributed by atoms with van der Waals surface area (Å²) in [6.45, 7) is 0. The van der Waals surface area contributed by atoms with Crippen molar-refractivity contribution >= 4 is 22.9 Å². The molecule has 16 heavy (non-hydrogen) atoms. The summed E-state index contributed by atoms with van der Waals surface area (Å²) in [5, 5.41) is 3.22. The van der Waals surface area contributed by atoms with E-state index in [1.807, 2.05) is 0 Å². The highest BCUT2D eigenvalue weighted by molar-refractivity contribution is 7.80. The molecule has 1 aliphatic rings. The van der Waals surface area contributed by atoms with Gasteiger partial charge in [0.1, 0.15) is 10.8 Å². The number of hydrogen-bond acceptors (Lipinski definition) is 2. The molecule has 0 radical (unpaired) electrons. The molecule has 86 valence electrons. The minimum absolute atomic E-state index is 0.228. The summed E-state index contributed by atoms with van der Waals surface area (Å²) >= 11 is 4.80. The van der Waals surface area contributed by atoms with Gasteiger partial charge in [0.05, 0.1) is 5.69 Å². The number of anilines is 1. The molecule has 3 N–H and O–H groups in total. The first-order valence-corrected chi connectivity index (χ1v) is 5.93. The van der Waals surface area contributed by atoms with Gasteiger partial charge in [-0.3, -0.25) is 0 Å². The molecule has 0 aromatic heterocycles. The Hall–Kier alpha value is -1.16. The van der Waals surface area contributed by atoms with Crippen LogP contribution < -0.4 is 11.1 Å². The van der Waals surface area contributed by atoms with Gasteiger partial charge >= 0.3 is 0 Å². The lowest BCUT2D eigenvalue weighted by Crippen LogP contribution is -2.16. The number of rotatable bonds is 3. The van der Waals surface area contributed by atoms with E-state index in [0.717, 1.165) is 12.8 Å². The first-order chi connectivity index (χ1) is 7.66. The quantitative estimate of drug-likeness (QED) is 0.795. The molecule has 1 aliphatic carbocycles. The van der Waals surface area contributed by atoms with Gasteiger partial charge in [0.2, 0.25) is 0 Å². The van der Waals surface area contributed by atoms with Gasteiger partial charge in [-0.15, -0.1) is 0 Å². The van der Waals surface area contributed by atoms with Crippen LogP contribution in [0.2, 0.25) is 0 Å². The Bertz CT molecular complexity index is 400. The van der Waals surface area contributed by atoms with Crippen molar-refractivity contribution in [2.75, 3.05) is 5.32 Å². The van der Waals surface area contributed by atoms with Crippen LogP contribution >= 0.6 is 12.2 Å². The number of nitrogens with one attached hydrogen (secondary N) is 1. The molecule has 1 aromatic carbocycles. The molecule has 0 aliphatic heterocycles. The molecule has 0 bridgehead atoms. The predicted octanol–water partition coefficient (Wildman–Crippen LogP) is 2.81. The minimum atomic E-state index is -0.280. The van der Waals surface area contributed by atoms with Gasteiger partial charge in [-0.05, 0) is 31.0 Å². The van der Waals surface area contributed by atoms with Gasteiger partial charge < -0.3 is 11.1 Å². The normalized spacial score (nSPS) is 16.3. The van der Waals surface area contributed by atoms with Gasteiger partial charge in [-0.2, -0.15) is 0 Å². The van der Waals surface area contributed by atoms with Crippen LogP contribution in [-0.4, -0.2) is 11.0 Å². The minimum Gasteiger partial charge on any atom is -0.389 e. The summed E-state index contributed by atoms with van der Waals surface area (Å²) in [4.78, 5) is 0.228. The third-order valence-electron chi connectivity index (χ3n) is 2.97. The molecule has 0 saturated heterocycles. The highest BCUT2D eigenvalue weighted by Gasteiger charge is 2.16. The Kier molecular flexibility index (Phi) is 3.39. The standard InChI is InChI=1S/C12H15FN2S/c13-10-7-8(12(14)16)5-6-11(10)15-9-3-1-2-4-9/h5-7,9,15H,1-4H2,(H2,14,16). The van der Waals surface area contributed by atoms with E-state index in [9.17, 15) is 4.39 Å². The van der Waals surface area contributed by atoms with Crippen LogP contribution in [0.25, 0.3) is 0 Å². The highest BCUT2D eigenvalue weighted by Crippen LogP contribution is 2.24. The molecule has 2 rings (SSSR count). The Balaban J connectivity index is 2.12. The van der Waals surface area contributed by atoms with Gasteiger partial charge in [0.25, 0.3) is 0 Å².